The lowest BCUT2D eigenvalue weighted by Crippen LogP contribution is -2.08. The quantitative estimate of drug-likeness (QED) is 0.220. The molecule has 5 nitrogen and oxygen atoms in total. The predicted octanol–water partition coefficient (Wildman–Crippen LogP) is 8.93. The lowest BCUT2D eigenvalue weighted by atomic mass is 10.1. The number of nitrogens with one attached hydrogen (secondary N) is 1. The maximum absolute atomic E-state index is 12.6. The maximum Gasteiger partial charge on any atom is 0.248 e. The van der Waals surface area contributed by atoms with E-state index in [1.807, 2.05) is 18.2 Å². The molecule has 5 aromatic rings. The van der Waals surface area contributed by atoms with Crippen molar-refractivity contribution in [3.8, 4) is 22.8 Å². The van der Waals surface area contributed by atoms with Crippen molar-refractivity contribution < 1.29 is 13.6 Å². The van der Waals surface area contributed by atoms with E-state index in [0.29, 0.717) is 54.9 Å². The number of hydrogen-bond donors (Lipinski definition) is 1. The molecule has 1 N–H and O–H groups in total. The van der Waals surface area contributed by atoms with Gasteiger partial charge in [0.2, 0.25) is 11.8 Å². The van der Waals surface area contributed by atoms with E-state index in [4.69, 9.17) is 43.6 Å². The average molecular weight is 538 g/mol. The van der Waals surface area contributed by atoms with Gasteiger partial charge in [-0.3, -0.25) is 4.79 Å². The normalized spacial score (nSPS) is 11.4. The van der Waals surface area contributed by atoms with Crippen LogP contribution in [0.5, 0.6) is 0 Å². The molecule has 8 heteroatoms. The van der Waals surface area contributed by atoms with Crippen molar-refractivity contribution in [3.05, 3.63) is 99.2 Å². The number of hydrogen-bond acceptors (Lipinski definition) is 4. The van der Waals surface area contributed by atoms with E-state index >= 15 is 0 Å². The highest BCUT2D eigenvalue weighted by atomic mass is 35.5. The Morgan fingerprint density at radius 1 is 0.944 bits per heavy atom. The molecule has 2 aromatic heterocycles. The molecule has 0 aliphatic heterocycles. The Balaban J connectivity index is 1.32. The van der Waals surface area contributed by atoms with Crippen LogP contribution in [-0.4, -0.2) is 10.9 Å². The Labute approximate surface area is 222 Å². The highest BCUT2D eigenvalue weighted by Crippen LogP contribution is 2.33. The van der Waals surface area contributed by atoms with E-state index < -0.39 is 0 Å². The van der Waals surface area contributed by atoms with Crippen molar-refractivity contribution in [3.63, 3.8) is 0 Å². The van der Waals surface area contributed by atoms with Gasteiger partial charge in [0, 0.05) is 22.2 Å². The van der Waals surface area contributed by atoms with E-state index in [1.165, 1.54) is 11.6 Å². The fraction of sp³-hybridized carbons (Fsp3) is 0.0714. The number of fused-ring (bicyclic) bond motifs is 1. The van der Waals surface area contributed by atoms with Crippen LogP contribution in [0.25, 0.3) is 40.0 Å². The molecule has 0 aliphatic carbocycles. The van der Waals surface area contributed by atoms with Crippen molar-refractivity contribution in [1.82, 2.24) is 4.98 Å². The molecule has 0 spiro atoms. The Morgan fingerprint density at radius 3 is 2.61 bits per heavy atom. The van der Waals surface area contributed by atoms with Gasteiger partial charge in [0.15, 0.2) is 5.58 Å². The van der Waals surface area contributed by atoms with Crippen LogP contribution in [0.1, 0.15) is 18.2 Å². The van der Waals surface area contributed by atoms with Crippen LogP contribution in [0.3, 0.4) is 0 Å². The topological polar surface area (TPSA) is 68.3 Å². The van der Waals surface area contributed by atoms with Crippen molar-refractivity contribution in [2.45, 2.75) is 13.3 Å². The van der Waals surface area contributed by atoms with Gasteiger partial charge < -0.3 is 14.2 Å². The standard InChI is InChI=1S/C28H19Cl3N2O3/c1-2-16-3-10-26-24(13-16)33-28(36-26)17-4-9-21(30)23(14-17)32-27(34)12-7-19-6-11-25(35-19)20-8-5-18(29)15-22(20)31/h3-15H,2H2,1H3,(H,32,34)/b12-7+. The first-order chi connectivity index (χ1) is 17.4. The summed E-state index contributed by atoms with van der Waals surface area (Å²) in [4.78, 5) is 17.2. The largest absolute Gasteiger partial charge is 0.457 e. The summed E-state index contributed by atoms with van der Waals surface area (Å²) in [6, 6.07) is 19.8. The Morgan fingerprint density at radius 2 is 1.81 bits per heavy atom. The van der Waals surface area contributed by atoms with Gasteiger partial charge in [0.25, 0.3) is 0 Å². The molecular weight excluding hydrogens is 519 g/mol. The fourth-order valence-electron chi connectivity index (χ4n) is 3.68. The van der Waals surface area contributed by atoms with Gasteiger partial charge in [-0.15, -0.1) is 0 Å². The summed E-state index contributed by atoms with van der Waals surface area (Å²) in [5.74, 6) is 1.13. The zero-order chi connectivity index (χ0) is 25.2. The number of halogens is 3. The summed E-state index contributed by atoms with van der Waals surface area (Å²) in [6.07, 6.45) is 3.84. The second-order valence-electron chi connectivity index (χ2n) is 8.02. The van der Waals surface area contributed by atoms with Crippen LogP contribution in [-0.2, 0) is 11.2 Å². The van der Waals surface area contributed by atoms with Gasteiger partial charge in [-0.2, -0.15) is 0 Å². The third-order valence-corrected chi connectivity index (χ3v) is 6.43. The fourth-order valence-corrected chi connectivity index (χ4v) is 4.35. The molecular formula is C28H19Cl3N2O3. The van der Waals surface area contributed by atoms with E-state index in [2.05, 4.69) is 17.2 Å². The predicted molar refractivity (Wildman–Crippen MR) is 146 cm³/mol. The maximum atomic E-state index is 12.6. The average Bonchev–Trinajstić information content (AvgIpc) is 3.51. The van der Waals surface area contributed by atoms with Crippen LogP contribution >= 0.6 is 34.8 Å². The third kappa shape index (κ3) is 5.19. The van der Waals surface area contributed by atoms with Crippen LogP contribution in [0.2, 0.25) is 15.1 Å². The zero-order valence-corrected chi connectivity index (χ0v) is 21.3. The number of furan rings is 1. The van der Waals surface area contributed by atoms with Crippen LogP contribution in [0, 0.1) is 0 Å². The number of anilines is 1. The first-order valence-electron chi connectivity index (χ1n) is 11.1. The van der Waals surface area contributed by atoms with Gasteiger partial charge in [-0.1, -0.05) is 47.8 Å². The number of nitrogens with zero attached hydrogens (tertiary/aromatic N) is 1. The van der Waals surface area contributed by atoms with Crippen molar-refractivity contribution >= 4 is 63.6 Å². The molecule has 0 aliphatic rings. The number of amides is 1. The number of carbonyl (C=O) groups is 1. The molecule has 0 unspecified atom stereocenters. The smallest absolute Gasteiger partial charge is 0.248 e. The molecule has 0 fully saturated rings. The Kier molecular flexibility index (Phi) is 6.88. The summed E-state index contributed by atoms with van der Waals surface area (Å²) in [5.41, 5.74) is 4.50. The molecule has 36 heavy (non-hydrogen) atoms. The summed E-state index contributed by atoms with van der Waals surface area (Å²) >= 11 is 18.5. The molecule has 3 aromatic carbocycles. The second-order valence-corrected chi connectivity index (χ2v) is 9.27. The molecule has 0 atom stereocenters. The van der Waals surface area contributed by atoms with Crippen molar-refractivity contribution in [2.75, 3.05) is 5.32 Å². The van der Waals surface area contributed by atoms with Gasteiger partial charge in [0.1, 0.15) is 17.0 Å². The number of aromatic nitrogens is 1. The highest BCUT2D eigenvalue weighted by molar-refractivity contribution is 6.36. The summed E-state index contributed by atoms with van der Waals surface area (Å²) < 4.78 is 11.7. The number of carbonyl (C=O) groups excluding carboxylic acids is 1. The van der Waals surface area contributed by atoms with Crippen molar-refractivity contribution in [2.24, 2.45) is 0 Å². The van der Waals surface area contributed by atoms with Gasteiger partial charge in [0.05, 0.1) is 15.7 Å². The molecule has 0 bridgehead atoms. The molecule has 0 saturated carbocycles. The van der Waals surface area contributed by atoms with Crippen molar-refractivity contribution in [1.29, 1.82) is 0 Å². The Bertz CT molecular complexity index is 1620. The number of benzene rings is 3. The highest BCUT2D eigenvalue weighted by Gasteiger charge is 2.13. The minimum absolute atomic E-state index is 0.373. The summed E-state index contributed by atoms with van der Waals surface area (Å²) in [5, 5.41) is 4.20. The molecule has 0 saturated heterocycles. The lowest BCUT2D eigenvalue weighted by Gasteiger charge is -2.06. The van der Waals surface area contributed by atoms with E-state index in [1.54, 1.807) is 54.6 Å². The monoisotopic (exact) mass is 536 g/mol. The molecule has 1 amide bonds. The van der Waals surface area contributed by atoms with Gasteiger partial charge in [-0.05, 0) is 78.7 Å². The van der Waals surface area contributed by atoms with E-state index in [9.17, 15) is 4.79 Å². The number of oxazole rings is 1. The SMILES string of the molecule is CCc1ccc2oc(-c3ccc(Cl)c(NC(=O)/C=C/c4ccc(-c5ccc(Cl)cc5Cl)o4)c3)nc2c1. The number of aryl methyl sites for hydroxylation is 1. The molecule has 180 valence electrons. The minimum Gasteiger partial charge on any atom is -0.457 e. The molecule has 0 radical (unpaired) electrons. The lowest BCUT2D eigenvalue weighted by molar-refractivity contribution is -0.111. The van der Waals surface area contributed by atoms with Gasteiger partial charge in [-0.25, -0.2) is 4.98 Å². The number of rotatable bonds is 6. The van der Waals surface area contributed by atoms with Crippen LogP contribution in [0.15, 0.2) is 81.6 Å². The third-order valence-electron chi connectivity index (χ3n) is 5.55. The van der Waals surface area contributed by atoms with E-state index in [-0.39, 0.29) is 5.91 Å². The molecule has 2 heterocycles. The second kappa shape index (κ2) is 10.2. The van der Waals surface area contributed by atoms with Gasteiger partial charge >= 0.3 is 0 Å². The minimum atomic E-state index is -0.373. The van der Waals surface area contributed by atoms with Crippen LogP contribution in [0.4, 0.5) is 5.69 Å². The first kappa shape index (κ1) is 24.2. The first-order valence-corrected chi connectivity index (χ1v) is 12.3. The molecule has 5 rings (SSSR count). The van der Waals surface area contributed by atoms with Crippen LogP contribution < -0.4 is 5.32 Å². The Hall–Kier alpha value is -3.51. The summed E-state index contributed by atoms with van der Waals surface area (Å²) in [7, 11) is 0. The summed E-state index contributed by atoms with van der Waals surface area (Å²) in [6.45, 7) is 2.09. The van der Waals surface area contributed by atoms with E-state index in [0.717, 1.165) is 11.9 Å². The zero-order valence-electron chi connectivity index (χ0n) is 19.0.